The summed E-state index contributed by atoms with van der Waals surface area (Å²) in [6.07, 6.45) is 3.55. The van der Waals surface area contributed by atoms with Crippen LogP contribution in [-0.2, 0) is 6.42 Å². The Morgan fingerprint density at radius 1 is 1.38 bits per heavy atom. The minimum absolute atomic E-state index is 0.327. The number of hydrogen-bond acceptors (Lipinski definition) is 3. The Bertz CT molecular complexity index is 405. The van der Waals surface area contributed by atoms with Crippen molar-refractivity contribution in [3.05, 3.63) is 23.8 Å². The molecule has 2 atom stereocenters. The van der Waals surface area contributed by atoms with Crippen molar-refractivity contribution in [2.75, 3.05) is 18.6 Å². The van der Waals surface area contributed by atoms with Gasteiger partial charge in [0.2, 0.25) is 0 Å². The summed E-state index contributed by atoms with van der Waals surface area (Å²) in [6.45, 7) is 0.991. The fraction of sp³-hybridized carbons (Fsp3) is 0.538. The third-order valence-electron chi connectivity index (χ3n) is 3.80. The van der Waals surface area contributed by atoms with Crippen LogP contribution in [0.3, 0.4) is 0 Å². The lowest BCUT2D eigenvalue weighted by Crippen LogP contribution is -2.47. The van der Waals surface area contributed by atoms with Gasteiger partial charge >= 0.3 is 0 Å². The van der Waals surface area contributed by atoms with Gasteiger partial charge in [0.1, 0.15) is 5.75 Å². The molecule has 0 bridgehead atoms. The zero-order chi connectivity index (χ0) is 11.1. The van der Waals surface area contributed by atoms with Crippen molar-refractivity contribution in [1.82, 2.24) is 0 Å². The normalized spacial score (nSPS) is 27.5. The van der Waals surface area contributed by atoms with Crippen molar-refractivity contribution in [2.45, 2.75) is 31.3 Å². The predicted octanol–water partition coefficient (Wildman–Crippen LogP) is 1.55. The van der Waals surface area contributed by atoms with E-state index in [1.807, 2.05) is 0 Å². The molecule has 3 nitrogen and oxygen atoms in total. The first kappa shape index (κ1) is 9.97. The van der Waals surface area contributed by atoms with E-state index in [0.717, 1.165) is 18.7 Å². The van der Waals surface area contributed by atoms with Gasteiger partial charge in [-0.1, -0.05) is 6.07 Å². The van der Waals surface area contributed by atoms with Crippen LogP contribution in [0.5, 0.6) is 5.75 Å². The van der Waals surface area contributed by atoms with Gasteiger partial charge in [-0.3, -0.25) is 0 Å². The van der Waals surface area contributed by atoms with E-state index in [9.17, 15) is 0 Å². The van der Waals surface area contributed by atoms with Crippen LogP contribution in [0.1, 0.15) is 18.4 Å². The molecule has 0 saturated carbocycles. The van der Waals surface area contributed by atoms with Gasteiger partial charge in [-0.2, -0.15) is 0 Å². The van der Waals surface area contributed by atoms with E-state index in [2.05, 4.69) is 23.1 Å². The zero-order valence-electron chi connectivity index (χ0n) is 9.65. The Balaban J connectivity index is 1.95. The Morgan fingerprint density at radius 3 is 3.06 bits per heavy atom. The first-order chi connectivity index (χ1) is 7.78. The van der Waals surface area contributed by atoms with Crippen LogP contribution in [0.25, 0.3) is 0 Å². The second-order valence-corrected chi connectivity index (χ2v) is 4.84. The van der Waals surface area contributed by atoms with E-state index in [1.165, 1.54) is 24.1 Å². The second-order valence-electron chi connectivity index (χ2n) is 4.84. The Morgan fingerprint density at radius 2 is 2.25 bits per heavy atom. The summed E-state index contributed by atoms with van der Waals surface area (Å²) in [6, 6.07) is 7.39. The average molecular weight is 218 g/mol. The maximum Gasteiger partial charge on any atom is 0.120 e. The molecule has 1 aromatic rings. The molecular weight excluding hydrogens is 200 g/mol. The number of hydrogen-bond donors (Lipinski definition) is 1. The molecule has 0 spiro atoms. The summed E-state index contributed by atoms with van der Waals surface area (Å²) in [7, 11) is 1.72. The second kappa shape index (κ2) is 3.67. The number of anilines is 1. The van der Waals surface area contributed by atoms with Crippen LogP contribution < -0.4 is 15.4 Å². The van der Waals surface area contributed by atoms with Gasteiger partial charge in [-0.05, 0) is 30.9 Å². The number of methoxy groups -OCH3 is 1. The summed E-state index contributed by atoms with van der Waals surface area (Å²) >= 11 is 0. The monoisotopic (exact) mass is 218 g/mol. The molecule has 16 heavy (non-hydrogen) atoms. The summed E-state index contributed by atoms with van der Waals surface area (Å²) < 4.78 is 5.29. The van der Waals surface area contributed by atoms with Crippen LogP contribution in [-0.4, -0.2) is 25.7 Å². The summed E-state index contributed by atoms with van der Waals surface area (Å²) in [5.74, 6) is 0.943. The van der Waals surface area contributed by atoms with E-state index >= 15 is 0 Å². The molecule has 0 aromatic heterocycles. The number of piperidine rings is 1. The quantitative estimate of drug-likeness (QED) is 0.777. The fourth-order valence-corrected chi connectivity index (χ4v) is 2.93. The highest BCUT2D eigenvalue weighted by atomic mass is 16.5. The van der Waals surface area contributed by atoms with Crippen molar-refractivity contribution >= 4 is 5.69 Å². The molecule has 2 heterocycles. The molecule has 1 aromatic carbocycles. The van der Waals surface area contributed by atoms with Crippen LogP contribution >= 0.6 is 0 Å². The van der Waals surface area contributed by atoms with Crippen LogP contribution in [0, 0.1) is 0 Å². The van der Waals surface area contributed by atoms with Gasteiger partial charge in [0.15, 0.2) is 0 Å². The highest BCUT2D eigenvalue weighted by Crippen LogP contribution is 2.38. The van der Waals surface area contributed by atoms with Crippen molar-refractivity contribution < 1.29 is 4.74 Å². The van der Waals surface area contributed by atoms with E-state index in [4.69, 9.17) is 10.5 Å². The van der Waals surface area contributed by atoms with Crippen LogP contribution in [0.2, 0.25) is 0 Å². The molecule has 3 heteroatoms. The lowest BCUT2D eigenvalue weighted by molar-refractivity contribution is 0.413. The minimum atomic E-state index is 0.327. The van der Waals surface area contributed by atoms with Crippen molar-refractivity contribution in [1.29, 1.82) is 0 Å². The number of rotatable bonds is 1. The Kier molecular flexibility index (Phi) is 2.28. The molecule has 86 valence electrons. The topological polar surface area (TPSA) is 38.5 Å². The maximum atomic E-state index is 6.05. The van der Waals surface area contributed by atoms with E-state index in [1.54, 1.807) is 7.11 Å². The Hall–Kier alpha value is -1.22. The average Bonchev–Trinajstić information content (AvgIpc) is 2.66. The zero-order valence-corrected chi connectivity index (χ0v) is 9.65. The summed E-state index contributed by atoms with van der Waals surface area (Å²) in [5, 5.41) is 0. The molecule has 0 amide bonds. The molecule has 2 unspecified atom stereocenters. The highest BCUT2D eigenvalue weighted by Gasteiger charge is 2.33. The van der Waals surface area contributed by atoms with Gasteiger partial charge in [-0.25, -0.2) is 0 Å². The molecule has 1 saturated heterocycles. The van der Waals surface area contributed by atoms with Gasteiger partial charge in [0, 0.05) is 30.4 Å². The molecule has 0 aliphatic carbocycles. The first-order valence-corrected chi connectivity index (χ1v) is 5.97. The van der Waals surface area contributed by atoms with E-state index in [0.29, 0.717) is 12.1 Å². The molecular formula is C13H18N2O. The van der Waals surface area contributed by atoms with E-state index in [-0.39, 0.29) is 0 Å². The maximum absolute atomic E-state index is 6.05. The smallest absolute Gasteiger partial charge is 0.120 e. The van der Waals surface area contributed by atoms with Crippen molar-refractivity contribution in [3.63, 3.8) is 0 Å². The standard InChI is InChI=1S/C13H18N2O/c1-16-12-5-2-9-6-11-4-3-10(14)8-15(11)13(9)7-12/h2,5,7,10-11H,3-4,6,8,14H2,1H3. The SMILES string of the molecule is COc1ccc2c(c1)N1CC(N)CCC1C2. The summed E-state index contributed by atoms with van der Waals surface area (Å²) in [5.41, 5.74) is 8.82. The number of ether oxygens (including phenoxy) is 1. The molecule has 1 fully saturated rings. The number of fused-ring (bicyclic) bond motifs is 3. The van der Waals surface area contributed by atoms with Crippen LogP contribution in [0.15, 0.2) is 18.2 Å². The third kappa shape index (κ3) is 1.47. The predicted molar refractivity (Wildman–Crippen MR) is 65.0 cm³/mol. The number of nitrogens with zero attached hydrogens (tertiary/aromatic N) is 1. The van der Waals surface area contributed by atoms with Gasteiger partial charge in [-0.15, -0.1) is 0 Å². The van der Waals surface area contributed by atoms with E-state index < -0.39 is 0 Å². The largest absolute Gasteiger partial charge is 0.497 e. The lowest BCUT2D eigenvalue weighted by atomic mass is 9.99. The Labute approximate surface area is 96.2 Å². The van der Waals surface area contributed by atoms with Crippen LogP contribution in [0.4, 0.5) is 5.69 Å². The summed E-state index contributed by atoms with van der Waals surface area (Å²) in [4.78, 5) is 2.46. The van der Waals surface area contributed by atoms with Gasteiger partial charge in [0.05, 0.1) is 7.11 Å². The third-order valence-corrected chi connectivity index (χ3v) is 3.80. The molecule has 2 aliphatic rings. The lowest BCUT2D eigenvalue weighted by Gasteiger charge is -2.35. The highest BCUT2D eigenvalue weighted by molar-refractivity contribution is 5.62. The first-order valence-electron chi connectivity index (χ1n) is 5.97. The molecule has 0 radical (unpaired) electrons. The molecule has 2 N–H and O–H groups in total. The van der Waals surface area contributed by atoms with Crippen molar-refractivity contribution in [2.24, 2.45) is 5.73 Å². The van der Waals surface area contributed by atoms with Gasteiger partial charge < -0.3 is 15.4 Å². The fourth-order valence-electron chi connectivity index (χ4n) is 2.93. The molecule has 2 aliphatic heterocycles. The van der Waals surface area contributed by atoms with Crippen molar-refractivity contribution in [3.8, 4) is 5.75 Å². The molecule has 3 rings (SSSR count). The number of nitrogens with two attached hydrogens (primary N) is 1. The minimum Gasteiger partial charge on any atom is -0.497 e. The number of benzene rings is 1. The van der Waals surface area contributed by atoms with Gasteiger partial charge in [0.25, 0.3) is 0 Å².